The third-order valence-electron chi connectivity index (χ3n) is 2.85. The molecule has 0 amide bonds. The minimum absolute atomic E-state index is 0.0274. The summed E-state index contributed by atoms with van der Waals surface area (Å²) in [7, 11) is 0. The van der Waals surface area contributed by atoms with Crippen LogP contribution in [0, 0.1) is 30.9 Å². The average molecular weight is 293 g/mol. The Bertz CT molecular complexity index is 688. The van der Waals surface area contributed by atoms with Crippen molar-refractivity contribution < 1.29 is 4.92 Å². The summed E-state index contributed by atoms with van der Waals surface area (Å²) in [6, 6.07) is 5.74. The van der Waals surface area contributed by atoms with Crippen LogP contribution in [-0.4, -0.2) is 14.9 Å². The van der Waals surface area contributed by atoms with Crippen molar-refractivity contribution in [3.63, 3.8) is 0 Å². The normalized spacial score (nSPS) is 10.4. The molecule has 0 aliphatic rings. The van der Waals surface area contributed by atoms with Crippen LogP contribution < -0.4 is 5.32 Å². The topological polar surface area (TPSA) is 81.0 Å². The van der Waals surface area contributed by atoms with Crippen molar-refractivity contribution in [3.05, 3.63) is 50.4 Å². The second kappa shape index (κ2) is 5.42. The lowest BCUT2D eigenvalue weighted by Gasteiger charge is -2.10. The molecule has 0 saturated carbocycles. The predicted octanol–water partition coefficient (Wildman–Crippen LogP) is 3.71. The van der Waals surface area contributed by atoms with Gasteiger partial charge in [-0.3, -0.25) is 10.1 Å². The average Bonchev–Trinajstić information content (AvgIpc) is 2.31. The number of rotatable bonds is 3. The Morgan fingerprint density at radius 3 is 2.55 bits per heavy atom. The molecule has 7 heteroatoms. The first-order valence-electron chi connectivity index (χ1n) is 5.91. The molecule has 0 radical (unpaired) electrons. The molecule has 0 aliphatic heterocycles. The molecule has 1 aromatic heterocycles. The number of anilines is 2. The molecule has 0 aliphatic carbocycles. The number of nitrogens with one attached hydrogen (secondary N) is 1. The maximum atomic E-state index is 11.1. The van der Waals surface area contributed by atoms with Crippen LogP contribution in [-0.2, 0) is 0 Å². The molecule has 1 N–H and O–H groups in total. The number of nitrogens with zero attached hydrogens (tertiary/aromatic N) is 3. The summed E-state index contributed by atoms with van der Waals surface area (Å²) in [6.45, 7) is 5.42. The molecule has 2 rings (SSSR count). The molecule has 2 aromatic rings. The van der Waals surface area contributed by atoms with E-state index in [9.17, 15) is 10.1 Å². The quantitative estimate of drug-likeness (QED) is 0.530. The van der Waals surface area contributed by atoms with Gasteiger partial charge in [0.2, 0.25) is 11.1 Å². The van der Waals surface area contributed by atoms with Crippen molar-refractivity contribution in [3.8, 4) is 0 Å². The number of benzene rings is 1. The molecule has 0 spiro atoms. The van der Waals surface area contributed by atoms with Gasteiger partial charge >= 0.3 is 5.69 Å². The zero-order chi connectivity index (χ0) is 14.9. The second-order valence-corrected chi connectivity index (χ2v) is 4.81. The zero-order valence-electron chi connectivity index (χ0n) is 11.3. The Balaban J connectivity index is 2.50. The van der Waals surface area contributed by atoms with E-state index < -0.39 is 4.92 Å². The monoisotopic (exact) mass is 292 g/mol. The number of hydrogen-bond donors (Lipinski definition) is 1. The van der Waals surface area contributed by atoms with Crippen LogP contribution in [0.25, 0.3) is 0 Å². The fraction of sp³-hybridized carbons (Fsp3) is 0.231. The number of aromatic nitrogens is 2. The maximum absolute atomic E-state index is 11.1. The van der Waals surface area contributed by atoms with Crippen molar-refractivity contribution in [2.24, 2.45) is 0 Å². The molecular formula is C13H13ClN4O2. The number of halogens is 1. The van der Waals surface area contributed by atoms with Crippen LogP contribution in [0.3, 0.4) is 0 Å². The van der Waals surface area contributed by atoms with Crippen LogP contribution in [0.15, 0.2) is 18.2 Å². The van der Waals surface area contributed by atoms with Gasteiger partial charge in [0.05, 0.1) is 4.92 Å². The van der Waals surface area contributed by atoms with Crippen LogP contribution in [0.2, 0.25) is 5.28 Å². The van der Waals surface area contributed by atoms with Gasteiger partial charge in [-0.05, 0) is 44.0 Å². The number of aryl methyl sites for hydroxylation is 3. The zero-order valence-corrected chi connectivity index (χ0v) is 12.0. The van der Waals surface area contributed by atoms with Crippen LogP contribution in [0.5, 0.6) is 0 Å². The maximum Gasteiger partial charge on any atom is 0.332 e. The summed E-state index contributed by atoms with van der Waals surface area (Å²) < 4.78 is 0. The van der Waals surface area contributed by atoms with Gasteiger partial charge in [-0.2, -0.15) is 4.98 Å². The Hall–Kier alpha value is -2.21. The van der Waals surface area contributed by atoms with E-state index in [1.165, 1.54) is 6.92 Å². The minimum Gasteiger partial charge on any atom is -0.334 e. The van der Waals surface area contributed by atoms with E-state index in [4.69, 9.17) is 11.6 Å². The molecule has 0 saturated heterocycles. The minimum atomic E-state index is -0.516. The van der Waals surface area contributed by atoms with E-state index in [1.54, 1.807) is 0 Å². The Morgan fingerprint density at radius 2 is 1.95 bits per heavy atom. The third kappa shape index (κ3) is 2.85. The lowest BCUT2D eigenvalue weighted by atomic mass is 10.1. The summed E-state index contributed by atoms with van der Waals surface area (Å²) in [4.78, 5) is 18.3. The molecule has 104 valence electrons. The summed E-state index contributed by atoms with van der Waals surface area (Å²) in [5, 5.41) is 14.1. The highest BCUT2D eigenvalue weighted by Gasteiger charge is 2.22. The molecule has 1 aromatic carbocycles. The molecule has 1 heterocycles. The first-order valence-corrected chi connectivity index (χ1v) is 6.29. The van der Waals surface area contributed by atoms with Gasteiger partial charge in [0.1, 0.15) is 5.69 Å². The van der Waals surface area contributed by atoms with E-state index >= 15 is 0 Å². The highest BCUT2D eigenvalue weighted by Crippen LogP contribution is 2.30. The molecular weight excluding hydrogens is 280 g/mol. The van der Waals surface area contributed by atoms with Gasteiger partial charge in [0, 0.05) is 5.69 Å². The van der Waals surface area contributed by atoms with Gasteiger partial charge in [0.25, 0.3) is 0 Å². The largest absolute Gasteiger partial charge is 0.334 e. The lowest BCUT2D eigenvalue weighted by molar-refractivity contribution is -0.385. The van der Waals surface area contributed by atoms with Gasteiger partial charge in [0.15, 0.2) is 0 Å². The SMILES string of the molecule is Cc1ccc(Nc2nc(Cl)nc(C)c2[N+](=O)[O-])c(C)c1. The molecule has 0 bridgehead atoms. The van der Waals surface area contributed by atoms with Crippen LogP contribution >= 0.6 is 11.6 Å². The summed E-state index contributed by atoms with van der Waals surface area (Å²) >= 11 is 5.77. The molecule has 0 atom stereocenters. The van der Waals surface area contributed by atoms with Crippen molar-refractivity contribution in [1.82, 2.24) is 9.97 Å². The summed E-state index contributed by atoms with van der Waals surface area (Å²) in [5.41, 5.74) is 2.87. The number of hydrogen-bond acceptors (Lipinski definition) is 5. The Kier molecular flexibility index (Phi) is 3.85. The third-order valence-corrected chi connectivity index (χ3v) is 3.02. The second-order valence-electron chi connectivity index (χ2n) is 4.48. The summed E-state index contributed by atoms with van der Waals surface area (Å²) in [5.74, 6) is 0.0967. The van der Waals surface area contributed by atoms with Crippen molar-refractivity contribution in [1.29, 1.82) is 0 Å². The van der Waals surface area contributed by atoms with Gasteiger partial charge in [-0.1, -0.05) is 17.7 Å². The highest BCUT2D eigenvalue weighted by molar-refractivity contribution is 6.28. The van der Waals surface area contributed by atoms with Crippen molar-refractivity contribution in [2.75, 3.05) is 5.32 Å². The summed E-state index contributed by atoms with van der Waals surface area (Å²) in [6.07, 6.45) is 0. The molecule has 6 nitrogen and oxygen atoms in total. The molecule has 0 unspecified atom stereocenters. The first-order chi connectivity index (χ1) is 9.38. The fourth-order valence-electron chi connectivity index (χ4n) is 1.92. The van der Waals surface area contributed by atoms with E-state index in [-0.39, 0.29) is 22.5 Å². The first kappa shape index (κ1) is 14.2. The van der Waals surface area contributed by atoms with E-state index in [1.807, 2.05) is 32.0 Å². The Morgan fingerprint density at radius 1 is 1.25 bits per heavy atom. The lowest BCUT2D eigenvalue weighted by Crippen LogP contribution is -2.05. The standard InChI is InChI=1S/C13H13ClN4O2/c1-7-4-5-10(8(2)6-7)16-12-11(18(19)20)9(3)15-13(14)17-12/h4-6H,1-3H3,(H,15,16,17). The van der Waals surface area contributed by atoms with Crippen LogP contribution in [0.4, 0.5) is 17.2 Å². The molecule has 20 heavy (non-hydrogen) atoms. The van der Waals surface area contributed by atoms with E-state index in [0.29, 0.717) is 0 Å². The molecule has 0 fully saturated rings. The Labute approximate surface area is 121 Å². The van der Waals surface area contributed by atoms with Crippen molar-refractivity contribution >= 4 is 28.8 Å². The van der Waals surface area contributed by atoms with Gasteiger partial charge < -0.3 is 5.32 Å². The van der Waals surface area contributed by atoms with Crippen molar-refractivity contribution in [2.45, 2.75) is 20.8 Å². The smallest absolute Gasteiger partial charge is 0.332 e. The van der Waals surface area contributed by atoms with Gasteiger partial charge in [-0.15, -0.1) is 0 Å². The number of nitro groups is 1. The van der Waals surface area contributed by atoms with Gasteiger partial charge in [-0.25, -0.2) is 4.98 Å². The van der Waals surface area contributed by atoms with Crippen LogP contribution in [0.1, 0.15) is 16.8 Å². The highest BCUT2D eigenvalue weighted by atomic mass is 35.5. The van der Waals surface area contributed by atoms with E-state index in [0.717, 1.165) is 16.8 Å². The predicted molar refractivity (Wildman–Crippen MR) is 77.6 cm³/mol. The fourth-order valence-corrected chi connectivity index (χ4v) is 2.13. The van der Waals surface area contributed by atoms with E-state index in [2.05, 4.69) is 15.3 Å².